The minimum atomic E-state index is -0.191. The molecule has 0 fully saturated rings. The number of aromatic nitrogens is 2. The number of hydrogen-bond acceptors (Lipinski definition) is 5. The minimum absolute atomic E-state index is 0.0208. The lowest BCUT2D eigenvalue weighted by Gasteiger charge is -2.24. The predicted molar refractivity (Wildman–Crippen MR) is 109 cm³/mol. The van der Waals surface area contributed by atoms with Gasteiger partial charge in [-0.2, -0.15) is 0 Å². The molecule has 1 unspecified atom stereocenters. The van der Waals surface area contributed by atoms with Crippen molar-refractivity contribution in [3.63, 3.8) is 0 Å². The van der Waals surface area contributed by atoms with Crippen molar-refractivity contribution < 1.29 is 9.59 Å². The second kappa shape index (κ2) is 8.31. The van der Waals surface area contributed by atoms with Crippen molar-refractivity contribution in [3.8, 4) is 0 Å². The maximum absolute atomic E-state index is 12.3. The van der Waals surface area contributed by atoms with Crippen LogP contribution < -0.4 is 10.6 Å². The van der Waals surface area contributed by atoms with Crippen LogP contribution in [0.15, 0.2) is 54.6 Å². The number of anilines is 2. The smallest absolute Gasteiger partial charge is 0.227 e. The first kappa shape index (κ1) is 18.3. The van der Waals surface area contributed by atoms with Crippen LogP contribution in [0.1, 0.15) is 29.0 Å². The highest BCUT2D eigenvalue weighted by Gasteiger charge is 2.26. The van der Waals surface area contributed by atoms with Crippen molar-refractivity contribution in [1.29, 1.82) is 0 Å². The molecule has 2 heterocycles. The monoisotopic (exact) mass is 392 g/mol. The molecule has 2 aromatic carbocycles. The van der Waals surface area contributed by atoms with Gasteiger partial charge in [-0.15, -0.1) is 10.2 Å². The Bertz CT molecular complexity index is 987. The fourth-order valence-electron chi connectivity index (χ4n) is 3.28. The van der Waals surface area contributed by atoms with Gasteiger partial charge < -0.3 is 10.6 Å². The fourth-order valence-corrected chi connectivity index (χ4v) is 4.07. The van der Waals surface area contributed by atoms with E-state index in [1.165, 1.54) is 11.3 Å². The number of carbonyl (C=O) groups excluding carboxylic acids is 2. The van der Waals surface area contributed by atoms with Crippen molar-refractivity contribution in [2.24, 2.45) is 5.92 Å². The Kier molecular flexibility index (Phi) is 5.43. The maximum atomic E-state index is 12.3. The highest BCUT2D eigenvalue weighted by atomic mass is 32.1. The van der Waals surface area contributed by atoms with Crippen molar-refractivity contribution in [1.82, 2.24) is 10.2 Å². The fraction of sp³-hybridized carbons (Fsp3) is 0.238. The Morgan fingerprint density at radius 1 is 1.11 bits per heavy atom. The van der Waals surface area contributed by atoms with Crippen LogP contribution >= 0.6 is 11.3 Å². The second-order valence-electron chi connectivity index (χ2n) is 6.80. The molecule has 1 aromatic heterocycles. The number of benzene rings is 2. The summed E-state index contributed by atoms with van der Waals surface area (Å²) in [5, 5.41) is 15.3. The third-order valence-electron chi connectivity index (χ3n) is 4.74. The lowest BCUT2D eigenvalue weighted by Crippen LogP contribution is -2.30. The number of amides is 2. The summed E-state index contributed by atoms with van der Waals surface area (Å²) in [5.41, 5.74) is 3.13. The Morgan fingerprint density at radius 2 is 1.89 bits per heavy atom. The second-order valence-corrected chi connectivity index (χ2v) is 7.86. The first-order valence-corrected chi connectivity index (χ1v) is 10.0. The van der Waals surface area contributed by atoms with E-state index in [0.717, 1.165) is 21.8 Å². The van der Waals surface area contributed by atoms with Gasteiger partial charge in [0.1, 0.15) is 5.01 Å². The maximum Gasteiger partial charge on any atom is 0.227 e. The molecule has 1 aliphatic rings. The van der Waals surface area contributed by atoms with Crippen LogP contribution in [-0.2, 0) is 22.4 Å². The van der Waals surface area contributed by atoms with Gasteiger partial charge >= 0.3 is 0 Å². The number of para-hydroxylation sites is 1. The molecule has 142 valence electrons. The van der Waals surface area contributed by atoms with E-state index in [1.807, 2.05) is 54.6 Å². The molecule has 0 spiro atoms. The van der Waals surface area contributed by atoms with Gasteiger partial charge in [0.15, 0.2) is 0 Å². The third-order valence-corrected chi connectivity index (χ3v) is 5.58. The van der Waals surface area contributed by atoms with E-state index in [0.29, 0.717) is 24.4 Å². The summed E-state index contributed by atoms with van der Waals surface area (Å²) in [6.45, 7) is 0. The summed E-state index contributed by atoms with van der Waals surface area (Å²) in [6.07, 6.45) is 2.13. The Labute approximate surface area is 167 Å². The first-order chi connectivity index (χ1) is 13.7. The molecule has 2 N–H and O–H groups in total. The summed E-state index contributed by atoms with van der Waals surface area (Å²) in [7, 11) is 0. The molecule has 28 heavy (non-hydrogen) atoms. The quantitative estimate of drug-likeness (QED) is 0.671. The van der Waals surface area contributed by atoms with E-state index in [2.05, 4.69) is 20.8 Å². The van der Waals surface area contributed by atoms with Gasteiger partial charge in [-0.05, 0) is 30.0 Å². The zero-order chi connectivity index (χ0) is 19.3. The molecule has 0 saturated carbocycles. The largest absolute Gasteiger partial charge is 0.326 e. The predicted octanol–water partition coefficient (Wildman–Crippen LogP) is 3.66. The van der Waals surface area contributed by atoms with Crippen molar-refractivity contribution in [3.05, 3.63) is 70.7 Å². The van der Waals surface area contributed by atoms with Crippen LogP contribution in [0, 0.1) is 5.92 Å². The molecule has 0 saturated heterocycles. The number of nitrogens with zero attached hydrogens (tertiary/aromatic N) is 2. The molecule has 0 radical (unpaired) electrons. The normalized spacial score (nSPS) is 15.6. The number of rotatable bonds is 6. The van der Waals surface area contributed by atoms with Crippen LogP contribution in [0.3, 0.4) is 0 Å². The lowest BCUT2D eigenvalue weighted by atomic mass is 9.89. The van der Waals surface area contributed by atoms with Gasteiger partial charge in [0.2, 0.25) is 16.9 Å². The minimum Gasteiger partial charge on any atom is -0.326 e. The highest BCUT2D eigenvalue weighted by Crippen LogP contribution is 2.27. The van der Waals surface area contributed by atoms with Crippen molar-refractivity contribution in [2.45, 2.75) is 25.7 Å². The van der Waals surface area contributed by atoms with Crippen LogP contribution in [0.4, 0.5) is 10.8 Å². The number of nitrogens with one attached hydrogen (secondary N) is 2. The average Bonchev–Trinajstić information content (AvgIpc) is 3.13. The standard InChI is InChI=1S/C21H20N4O2S/c26-18(11-10-16-13-15-8-4-5-9-17(15)22-20(16)27)23-21-25-24-19(28-21)12-14-6-2-1-3-7-14/h1-9,16H,10-13H2,(H,22,27)(H,23,25,26). The topological polar surface area (TPSA) is 84.0 Å². The third kappa shape index (κ3) is 4.43. The molecule has 0 bridgehead atoms. The van der Waals surface area contributed by atoms with Crippen LogP contribution in [-0.4, -0.2) is 22.0 Å². The van der Waals surface area contributed by atoms with Gasteiger partial charge in [0.05, 0.1) is 0 Å². The van der Waals surface area contributed by atoms with Crippen molar-refractivity contribution in [2.75, 3.05) is 10.6 Å². The van der Waals surface area contributed by atoms with Gasteiger partial charge in [0, 0.05) is 24.4 Å². The molecule has 7 heteroatoms. The Morgan fingerprint density at radius 3 is 2.75 bits per heavy atom. The summed E-state index contributed by atoms with van der Waals surface area (Å²) in [5.74, 6) is -0.356. The lowest BCUT2D eigenvalue weighted by molar-refractivity contribution is -0.121. The molecule has 4 rings (SSSR count). The van der Waals surface area contributed by atoms with Crippen LogP contribution in [0.25, 0.3) is 0 Å². The average molecular weight is 392 g/mol. The zero-order valence-electron chi connectivity index (χ0n) is 15.2. The van der Waals surface area contributed by atoms with Gasteiger partial charge in [0.25, 0.3) is 0 Å². The van der Waals surface area contributed by atoms with Crippen LogP contribution in [0.5, 0.6) is 0 Å². The Balaban J connectivity index is 1.29. The first-order valence-electron chi connectivity index (χ1n) is 9.22. The van der Waals surface area contributed by atoms with E-state index in [9.17, 15) is 9.59 Å². The van der Waals surface area contributed by atoms with E-state index in [4.69, 9.17) is 0 Å². The molecule has 1 atom stereocenters. The van der Waals surface area contributed by atoms with Gasteiger partial charge in [-0.1, -0.05) is 59.9 Å². The molecule has 6 nitrogen and oxygen atoms in total. The Hall–Kier alpha value is -3.06. The number of hydrogen-bond donors (Lipinski definition) is 2. The number of carbonyl (C=O) groups is 2. The highest BCUT2D eigenvalue weighted by molar-refractivity contribution is 7.15. The van der Waals surface area contributed by atoms with Crippen molar-refractivity contribution >= 4 is 34.0 Å². The van der Waals surface area contributed by atoms with E-state index >= 15 is 0 Å². The molecule has 1 aliphatic heterocycles. The summed E-state index contributed by atoms with van der Waals surface area (Å²) in [4.78, 5) is 24.5. The van der Waals surface area contributed by atoms with Gasteiger partial charge in [-0.25, -0.2) is 0 Å². The summed E-state index contributed by atoms with van der Waals surface area (Å²) >= 11 is 1.38. The van der Waals surface area contributed by atoms with Gasteiger partial charge in [-0.3, -0.25) is 9.59 Å². The molecular formula is C21H20N4O2S. The number of fused-ring (bicyclic) bond motifs is 1. The molecular weight excluding hydrogens is 372 g/mol. The van der Waals surface area contributed by atoms with E-state index in [1.54, 1.807) is 0 Å². The molecule has 0 aliphatic carbocycles. The molecule has 3 aromatic rings. The summed E-state index contributed by atoms with van der Waals surface area (Å²) < 4.78 is 0. The van der Waals surface area contributed by atoms with Crippen LogP contribution in [0.2, 0.25) is 0 Å². The SMILES string of the molecule is O=C(CCC1Cc2ccccc2NC1=O)Nc1nnc(Cc2ccccc2)s1. The van der Waals surface area contributed by atoms with E-state index < -0.39 is 0 Å². The molecule has 2 amide bonds. The van der Waals surface area contributed by atoms with E-state index in [-0.39, 0.29) is 24.2 Å². The zero-order valence-corrected chi connectivity index (χ0v) is 16.0. The summed E-state index contributed by atoms with van der Waals surface area (Å²) in [6, 6.07) is 17.8.